The van der Waals surface area contributed by atoms with Crippen molar-refractivity contribution in [2.75, 3.05) is 31.1 Å². The van der Waals surface area contributed by atoms with Crippen molar-refractivity contribution < 1.29 is 4.74 Å². The van der Waals surface area contributed by atoms with Crippen molar-refractivity contribution in [2.45, 2.75) is 44.4 Å². The molecule has 2 aliphatic rings. The summed E-state index contributed by atoms with van der Waals surface area (Å²) < 4.78 is 5.81. The smallest absolute Gasteiger partial charge is 0.0678 e. The second-order valence-electron chi connectivity index (χ2n) is 5.20. The van der Waals surface area contributed by atoms with Crippen LogP contribution in [0.25, 0.3) is 0 Å². The molecule has 2 rings (SSSR count). The van der Waals surface area contributed by atoms with Crippen molar-refractivity contribution in [3.63, 3.8) is 0 Å². The molecule has 0 bridgehead atoms. The molecule has 16 heavy (non-hydrogen) atoms. The minimum Gasteiger partial charge on any atom is -0.373 e. The largest absolute Gasteiger partial charge is 0.373 e. The molecule has 2 heterocycles. The summed E-state index contributed by atoms with van der Waals surface area (Å²) in [6.45, 7) is 7.24. The number of hydrogen-bond acceptors (Lipinski definition) is 4. The number of ether oxygens (including phenoxy) is 1. The van der Waals surface area contributed by atoms with Gasteiger partial charge in [-0.1, -0.05) is 0 Å². The van der Waals surface area contributed by atoms with Crippen molar-refractivity contribution in [3.05, 3.63) is 0 Å². The van der Waals surface area contributed by atoms with Crippen LogP contribution in [0.15, 0.2) is 0 Å². The zero-order valence-electron chi connectivity index (χ0n) is 10.4. The molecular weight excluding hydrogens is 220 g/mol. The normalized spacial score (nSPS) is 36.2. The second kappa shape index (κ2) is 5.25. The first kappa shape index (κ1) is 12.7. The molecule has 3 nitrogen and oxygen atoms in total. The van der Waals surface area contributed by atoms with Crippen molar-refractivity contribution in [3.8, 4) is 0 Å². The molecule has 94 valence electrons. The Labute approximate surface area is 103 Å². The van der Waals surface area contributed by atoms with Crippen LogP contribution in [0, 0.1) is 0 Å². The molecule has 0 spiro atoms. The van der Waals surface area contributed by atoms with Crippen molar-refractivity contribution in [1.29, 1.82) is 0 Å². The Hall–Kier alpha value is 0.230. The number of nitrogens with zero attached hydrogens (tertiary/aromatic N) is 1. The number of morpholine rings is 1. The van der Waals surface area contributed by atoms with Gasteiger partial charge in [0, 0.05) is 25.2 Å². The molecule has 0 amide bonds. The van der Waals surface area contributed by atoms with Crippen LogP contribution in [0.1, 0.15) is 26.7 Å². The molecule has 0 aromatic carbocycles. The molecule has 2 atom stereocenters. The lowest BCUT2D eigenvalue weighted by atomic mass is 9.88. The van der Waals surface area contributed by atoms with Gasteiger partial charge >= 0.3 is 0 Å². The molecule has 0 aliphatic carbocycles. The summed E-state index contributed by atoms with van der Waals surface area (Å²) >= 11 is 2.06. The SMILES string of the molecule is C[C@@H]1CN(C2(CN)CCSCC2)C[C@H](C)O1. The molecule has 2 N–H and O–H groups in total. The third-order valence-corrected chi connectivity index (χ3v) is 4.88. The van der Waals surface area contributed by atoms with Crippen LogP contribution in [0.3, 0.4) is 0 Å². The van der Waals surface area contributed by atoms with Crippen molar-refractivity contribution >= 4 is 11.8 Å². The summed E-state index contributed by atoms with van der Waals surface area (Å²) in [5, 5.41) is 0. The summed E-state index contributed by atoms with van der Waals surface area (Å²) in [7, 11) is 0. The fourth-order valence-electron chi connectivity index (χ4n) is 2.97. The first-order valence-electron chi connectivity index (χ1n) is 6.34. The maximum atomic E-state index is 6.07. The maximum absolute atomic E-state index is 6.07. The summed E-state index contributed by atoms with van der Waals surface area (Å²) in [4.78, 5) is 2.60. The first-order chi connectivity index (χ1) is 7.66. The summed E-state index contributed by atoms with van der Waals surface area (Å²) in [5.41, 5.74) is 6.33. The third kappa shape index (κ3) is 2.55. The van der Waals surface area contributed by atoms with E-state index in [-0.39, 0.29) is 5.54 Å². The lowest BCUT2D eigenvalue weighted by Gasteiger charge is -2.50. The Morgan fingerprint density at radius 3 is 2.31 bits per heavy atom. The quantitative estimate of drug-likeness (QED) is 0.795. The van der Waals surface area contributed by atoms with Crippen LogP contribution in [-0.4, -0.2) is 53.8 Å². The van der Waals surface area contributed by atoms with Crippen LogP contribution in [0.4, 0.5) is 0 Å². The molecule has 2 aliphatic heterocycles. The highest BCUT2D eigenvalue weighted by atomic mass is 32.2. The van der Waals surface area contributed by atoms with Gasteiger partial charge in [0.2, 0.25) is 0 Å². The predicted octanol–water partition coefficient (Wildman–Crippen LogP) is 1.32. The fraction of sp³-hybridized carbons (Fsp3) is 1.00. The van der Waals surface area contributed by atoms with E-state index in [4.69, 9.17) is 10.5 Å². The first-order valence-corrected chi connectivity index (χ1v) is 7.50. The highest BCUT2D eigenvalue weighted by molar-refractivity contribution is 7.99. The Morgan fingerprint density at radius 2 is 1.81 bits per heavy atom. The zero-order chi connectivity index (χ0) is 11.6. The lowest BCUT2D eigenvalue weighted by Crippen LogP contribution is -2.61. The predicted molar refractivity (Wildman–Crippen MR) is 69.9 cm³/mol. The second-order valence-corrected chi connectivity index (χ2v) is 6.43. The van der Waals surface area contributed by atoms with Gasteiger partial charge in [-0.05, 0) is 38.2 Å². The Bertz CT molecular complexity index is 221. The number of thioether (sulfide) groups is 1. The Kier molecular flexibility index (Phi) is 4.16. The van der Waals surface area contributed by atoms with Crippen LogP contribution < -0.4 is 5.73 Å². The average Bonchev–Trinajstić information content (AvgIpc) is 2.28. The van der Waals surface area contributed by atoms with Crippen LogP contribution in [0.5, 0.6) is 0 Å². The van der Waals surface area contributed by atoms with E-state index in [1.165, 1.54) is 24.3 Å². The van der Waals surface area contributed by atoms with E-state index in [2.05, 4.69) is 30.5 Å². The highest BCUT2D eigenvalue weighted by Crippen LogP contribution is 2.33. The van der Waals surface area contributed by atoms with Gasteiger partial charge in [0.1, 0.15) is 0 Å². The van der Waals surface area contributed by atoms with Gasteiger partial charge in [-0.2, -0.15) is 11.8 Å². The minimum atomic E-state index is 0.261. The van der Waals surface area contributed by atoms with E-state index in [0.717, 1.165) is 19.6 Å². The summed E-state index contributed by atoms with van der Waals surface area (Å²) in [6, 6.07) is 0. The maximum Gasteiger partial charge on any atom is 0.0678 e. The summed E-state index contributed by atoms with van der Waals surface area (Å²) in [5.74, 6) is 2.52. The van der Waals surface area contributed by atoms with Gasteiger partial charge in [0.25, 0.3) is 0 Å². The van der Waals surface area contributed by atoms with E-state index in [1.807, 2.05) is 0 Å². The molecule has 0 saturated carbocycles. The summed E-state index contributed by atoms with van der Waals surface area (Å²) in [6.07, 6.45) is 3.19. The Balaban J connectivity index is 2.07. The van der Waals surface area contributed by atoms with E-state index in [1.54, 1.807) is 0 Å². The van der Waals surface area contributed by atoms with E-state index in [9.17, 15) is 0 Å². The van der Waals surface area contributed by atoms with E-state index >= 15 is 0 Å². The standard InChI is InChI=1S/C12H24N2OS/c1-10-7-14(8-11(2)15-10)12(9-13)3-5-16-6-4-12/h10-11H,3-9,13H2,1-2H3/t10-,11+. The van der Waals surface area contributed by atoms with Crippen LogP contribution >= 0.6 is 11.8 Å². The highest BCUT2D eigenvalue weighted by Gasteiger charge is 2.40. The molecule has 4 heteroatoms. The molecule has 0 unspecified atom stereocenters. The molecule has 2 saturated heterocycles. The average molecular weight is 244 g/mol. The van der Waals surface area contributed by atoms with Crippen molar-refractivity contribution in [2.24, 2.45) is 5.73 Å². The lowest BCUT2D eigenvalue weighted by molar-refractivity contribution is -0.102. The van der Waals surface area contributed by atoms with Gasteiger partial charge in [0.15, 0.2) is 0 Å². The van der Waals surface area contributed by atoms with Gasteiger partial charge < -0.3 is 10.5 Å². The third-order valence-electron chi connectivity index (χ3n) is 3.89. The fourth-order valence-corrected chi connectivity index (χ4v) is 4.22. The molecule has 0 aromatic rings. The number of hydrogen-bond donors (Lipinski definition) is 1. The number of rotatable bonds is 2. The van der Waals surface area contributed by atoms with E-state index < -0.39 is 0 Å². The van der Waals surface area contributed by atoms with Crippen LogP contribution in [0.2, 0.25) is 0 Å². The van der Waals surface area contributed by atoms with Gasteiger partial charge in [-0.3, -0.25) is 4.90 Å². The van der Waals surface area contributed by atoms with E-state index in [0.29, 0.717) is 12.2 Å². The van der Waals surface area contributed by atoms with Crippen LogP contribution in [-0.2, 0) is 4.74 Å². The molecule has 2 fully saturated rings. The zero-order valence-corrected chi connectivity index (χ0v) is 11.3. The van der Waals surface area contributed by atoms with Gasteiger partial charge in [-0.25, -0.2) is 0 Å². The molecule has 0 aromatic heterocycles. The monoisotopic (exact) mass is 244 g/mol. The number of nitrogens with two attached hydrogens (primary N) is 1. The topological polar surface area (TPSA) is 38.5 Å². The van der Waals surface area contributed by atoms with Gasteiger partial charge in [0.05, 0.1) is 12.2 Å². The Morgan fingerprint density at radius 1 is 1.25 bits per heavy atom. The van der Waals surface area contributed by atoms with Crippen molar-refractivity contribution in [1.82, 2.24) is 4.90 Å². The molecular formula is C12H24N2OS. The molecule has 0 radical (unpaired) electrons. The minimum absolute atomic E-state index is 0.261. The van der Waals surface area contributed by atoms with Gasteiger partial charge in [-0.15, -0.1) is 0 Å².